The fraction of sp³-hybridized carbons (Fsp3) is 0.400. The van der Waals surface area contributed by atoms with E-state index in [9.17, 15) is 9.59 Å². The topological polar surface area (TPSA) is 78.1 Å². The SMILES string of the molecule is Cc1ccc2[nH]nc(C(=O)NCC(=O)N3CCCC3)c2c1. The Kier molecular flexibility index (Phi) is 3.60. The Labute approximate surface area is 122 Å². The minimum Gasteiger partial charge on any atom is -0.342 e. The molecule has 6 nitrogen and oxygen atoms in total. The van der Waals surface area contributed by atoms with Crippen LogP contribution in [0.4, 0.5) is 0 Å². The Morgan fingerprint density at radius 2 is 2.10 bits per heavy atom. The number of aromatic nitrogens is 2. The fourth-order valence-corrected chi connectivity index (χ4v) is 2.62. The van der Waals surface area contributed by atoms with E-state index >= 15 is 0 Å². The number of nitrogens with one attached hydrogen (secondary N) is 2. The van der Waals surface area contributed by atoms with E-state index in [2.05, 4.69) is 15.5 Å². The number of rotatable bonds is 3. The summed E-state index contributed by atoms with van der Waals surface area (Å²) in [5.74, 6) is -0.351. The van der Waals surface area contributed by atoms with Gasteiger partial charge in [0.15, 0.2) is 5.69 Å². The van der Waals surface area contributed by atoms with Gasteiger partial charge in [0.1, 0.15) is 0 Å². The van der Waals surface area contributed by atoms with Crippen molar-refractivity contribution in [1.82, 2.24) is 20.4 Å². The second-order valence-corrected chi connectivity index (χ2v) is 5.39. The predicted molar refractivity (Wildman–Crippen MR) is 79.0 cm³/mol. The largest absolute Gasteiger partial charge is 0.342 e. The van der Waals surface area contributed by atoms with E-state index in [-0.39, 0.29) is 18.4 Å². The third kappa shape index (κ3) is 2.74. The lowest BCUT2D eigenvalue weighted by atomic mass is 10.1. The molecule has 0 aliphatic carbocycles. The predicted octanol–water partition coefficient (Wildman–Crippen LogP) is 1.22. The standard InChI is InChI=1S/C15H18N4O2/c1-10-4-5-12-11(8-10)14(18-17-12)15(21)16-9-13(20)19-6-2-3-7-19/h4-5,8H,2-3,6-7,9H2,1H3,(H,16,21)(H,17,18). The van der Waals surface area contributed by atoms with Crippen LogP contribution in [0.1, 0.15) is 28.9 Å². The van der Waals surface area contributed by atoms with Crippen LogP contribution < -0.4 is 5.32 Å². The smallest absolute Gasteiger partial charge is 0.272 e. The van der Waals surface area contributed by atoms with Crippen molar-refractivity contribution in [3.8, 4) is 0 Å². The van der Waals surface area contributed by atoms with Crippen molar-refractivity contribution in [2.45, 2.75) is 19.8 Å². The zero-order valence-electron chi connectivity index (χ0n) is 12.0. The van der Waals surface area contributed by atoms with Gasteiger partial charge in [-0.3, -0.25) is 14.7 Å². The molecule has 0 unspecified atom stereocenters. The van der Waals surface area contributed by atoms with E-state index < -0.39 is 0 Å². The molecule has 1 aliphatic heterocycles. The Morgan fingerprint density at radius 3 is 2.86 bits per heavy atom. The van der Waals surface area contributed by atoms with E-state index in [1.54, 1.807) is 4.90 Å². The zero-order valence-corrected chi connectivity index (χ0v) is 12.0. The van der Waals surface area contributed by atoms with Gasteiger partial charge in [-0.2, -0.15) is 5.10 Å². The Hall–Kier alpha value is -2.37. The average Bonchev–Trinajstić information content (AvgIpc) is 3.13. The number of aryl methyl sites for hydroxylation is 1. The van der Waals surface area contributed by atoms with E-state index in [0.29, 0.717) is 5.69 Å². The van der Waals surface area contributed by atoms with Crippen LogP contribution in [-0.4, -0.2) is 46.5 Å². The highest BCUT2D eigenvalue weighted by Gasteiger charge is 2.20. The van der Waals surface area contributed by atoms with Crippen LogP contribution in [0, 0.1) is 6.92 Å². The Bertz CT molecular complexity index is 686. The van der Waals surface area contributed by atoms with Crippen molar-refractivity contribution in [2.75, 3.05) is 19.6 Å². The third-order valence-corrected chi connectivity index (χ3v) is 3.79. The summed E-state index contributed by atoms with van der Waals surface area (Å²) in [6, 6.07) is 5.76. The summed E-state index contributed by atoms with van der Waals surface area (Å²) in [5, 5.41) is 10.3. The number of likely N-dealkylation sites (tertiary alicyclic amines) is 1. The van der Waals surface area contributed by atoms with Crippen molar-refractivity contribution >= 4 is 22.7 Å². The average molecular weight is 286 g/mol. The number of H-pyrrole nitrogens is 1. The van der Waals surface area contributed by atoms with Crippen molar-refractivity contribution in [1.29, 1.82) is 0 Å². The highest BCUT2D eigenvalue weighted by Crippen LogP contribution is 2.17. The van der Waals surface area contributed by atoms with E-state index in [0.717, 1.165) is 42.4 Å². The molecule has 1 aromatic carbocycles. The molecule has 1 aromatic heterocycles. The van der Waals surface area contributed by atoms with Crippen LogP contribution >= 0.6 is 0 Å². The molecular formula is C15H18N4O2. The summed E-state index contributed by atoms with van der Waals surface area (Å²) in [6.45, 7) is 3.57. The monoisotopic (exact) mass is 286 g/mol. The van der Waals surface area contributed by atoms with Gasteiger partial charge in [0, 0.05) is 18.5 Å². The maximum atomic E-state index is 12.2. The normalized spacial score (nSPS) is 14.6. The molecule has 2 N–H and O–H groups in total. The number of fused-ring (bicyclic) bond motifs is 1. The number of carbonyl (C=O) groups is 2. The third-order valence-electron chi connectivity index (χ3n) is 3.79. The molecule has 2 heterocycles. The van der Waals surface area contributed by atoms with Gasteiger partial charge in [-0.05, 0) is 31.9 Å². The molecule has 0 saturated carbocycles. The first-order chi connectivity index (χ1) is 10.1. The Balaban J connectivity index is 1.69. The first-order valence-corrected chi connectivity index (χ1v) is 7.16. The summed E-state index contributed by atoms with van der Waals surface area (Å²) >= 11 is 0. The Morgan fingerprint density at radius 1 is 1.33 bits per heavy atom. The second-order valence-electron chi connectivity index (χ2n) is 5.39. The molecule has 21 heavy (non-hydrogen) atoms. The number of nitrogens with zero attached hydrogens (tertiary/aromatic N) is 2. The van der Waals surface area contributed by atoms with Gasteiger partial charge in [-0.25, -0.2) is 0 Å². The van der Waals surface area contributed by atoms with Gasteiger partial charge in [0.2, 0.25) is 5.91 Å². The molecule has 0 atom stereocenters. The maximum Gasteiger partial charge on any atom is 0.272 e. The number of amides is 2. The zero-order chi connectivity index (χ0) is 14.8. The van der Waals surface area contributed by atoms with Crippen LogP contribution in [0.3, 0.4) is 0 Å². The quantitative estimate of drug-likeness (QED) is 0.890. The molecule has 3 rings (SSSR count). The van der Waals surface area contributed by atoms with Crippen molar-refractivity contribution in [3.63, 3.8) is 0 Å². The van der Waals surface area contributed by atoms with Gasteiger partial charge < -0.3 is 10.2 Å². The molecule has 110 valence electrons. The van der Waals surface area contributed by atoms with Crippen molar-refractivity contribution < 1.29 is 9.59 Å². The molecule has 2 aromatic rings. The van der Waals surface area contributed by atoms with Gasteiger partial charge in [-0.15, -0.1) is 0 Å². The molecule has 1 aliphatic rings. The van der Waals surface area contributed by atoms with Gasteiger partial charge in [-0.1, -0.05) is 11.6 Å². The highest BCUT2D eigenvalue weighted by atomic mass is 16.2. The summed E-state index contributed by atoms with van der Waals surface area (Å²) in [6.07, 6.45) is 2.09. The van der Waals surface area contributed by atoms with E-state index in [1.807, 2.05) is 25.1 Å². The first kappa shape index (κ1) is 13.6. The maximum absolute atomic E-state index is 12.2. The number of hydrogen-bond donors (Lipinski definition) is 2. The molecule has 0 spiro atoms. The summed E-state index contributed by atoms with van der Waals surface area (Å²) in [4.78, 5) is 25.9. The molecule has 6 heteroatoms. The lowest BCUT2D eigenvalue weighted by Crippen LogP contribution is -2.38. The van der Waals surface area contributed by atoms with Crippen molar-refractivity contribution in [3.05, 3.63) is 29.5 Å². The molecule has 1 saturated heterocycles. The fourth-order valence-electron chi connectivity index (χ4n) is 2.62. The highest BCUT2D eigenvalue weighted by molar-refractivity contribution is 6.05. The van der Waals surface area contributed by atoms with Gasteiger partial charge >= 0.3 is 0 Å². The number of benzene rings is 1. The van der Waals surface area contributed by atoms with Gasteiger partial charge in [0.05, 0.1) is 12.1 Å². The number of hydrogen-bond acceptors (Lipinski definition) is 3. The molecular weight excluding hydrogens is 268 g/mol. The van der Waals surface area contributed by atoms with Crippen LogP contribution in [0.25, 0.3) is 10.9 Å². The van der Waals surface area contributed by atoms with Gasteiger partial charge in [0.25, 0.3) is 5.91 Å². The van der Waals surface area contributed by atoms with Crippen LogP contribution in [0.5, 0.6) is 0 Å². The first-order valence-electron chi connectivity index (χ1n) is 7.16. The lowest BCUT2D eigenvalue weighted by molar-refractivity contribution is -0.129. The summed E-state index contributed by atoms with van der Waals surface area (Å²) in [5.41, 5.74) is 2.21. The van der Waals surface area contributed by atoms with E-state index in [4.69, 9.17) is 0 Å². The molecule has 2 amide bonds. The van der Waals surface area contributed by atoms with Crippen LogP contribution in [-0.2, 0) is 4.79 Å². The molecule has 1 fully saturated rings. The van der Waals surface area contributed by atoms with E-state index in [1.165, 1.54) is 0 Å². The van der Waals surface area contributed by atoms with Crippen LogP contribution in [0.2, 0.25) is 0 Å². The van der Waals surface area contributed by atoms with Crippen LogP contribution in [0.15, 0.2) is 18.2 Å². The summed E-state index contributed by atoms with van der Waals surface area (Å²) in [7, 11) is 0. The minimum absolute atomic E-state index is 0.0268. The lowest BCUT2D eigenvalue weighted by Gasteiger charge is -2.15. The number of carbonyl (C=O) groups excluding carboxylic acids is 2. The second kappa shape index (κ2) is 5.55. The summed E-state index contributed by atoms with van der Waals surface area (Å²) < 4.78 is 0. The number of aromatic amines is 1. The minimum atomic E-state index is -0.320. The molecule has 0 bridgehead atoms. The van der Waals surface area contributed by atoms with Crippen molar-refractivity contribution in [2.24, 2.45) is 0 Å². The molecule has 0 radical (unpaired) electrons.